The SMILES string of the molecule is Cc1cc(C)cc(-c2cnc(N3CC(C)CC3(C)C)c(C(=O)NS(=O)(=O)c3cccc(N)n3)c2)c1. The van der Waals surface area contributed by atoms with E-state index in [1.807, 2.05) is 26.0 Å². The number of nitrogen functional groups attached to an aromatic ring is 1. The highest BCUT2D eigenvalue weighted by atomic mass is 32.2. The largest absolute Gasteiger partial charge is 0.384 e. The van der Waals surface area contributed by atoms with Gasteiger partial charge >= 0.3 is 0 Å². The maximum Gasteiger partial charge on any atom is 0.281 e. The van der Waals surface area contributed by atoms with Crippen molar-refractivity contribution in [3.05, 3.63) is 65.4 Å². The lowest BCUT2D eigenvalue weighted by Crippen LogP contribution is -2.41. The quantitative estimate of drug-likeness (QED) is 0.550. The molecule has 8 nitrogen and oxygen atoms in total. The van der Waals surface area contributed by atoms with E-state index in [2.05, 4.69) is 41.4 Å². The average molecular weight is 494 g/mol. The molecule has 0 bridgehead atoms. The van der Waals surface area contributed by atoms with Crippen LogP contribution in [0.25, 0.3) is 11.1 Å². The van der Waals surface area contributed by atoms with E-state index >= 15 is 0 Å². The van der Waals surface area contributed by atoms with Crippen LogP contribution in [-0.2, 0) is 10.0 Å². The van der Waals surface area contributed by atoms with Crippen molar-refractivity contribution in [3.63, 3.8) is 0 Å². The zero-order valence-corrected chi connectivity index (χ0v) is 21.5. The molecule has 0 saturated carbocycles. The van der Waals surface area contributed by atoms with Gasteiger partial charge in [-0.15, -0.1) is 0 Å². The Morgan fingerprint density at radius 2 is 1.80 bits per heavy atom. The molecule has 1 saturated heterocycles. The van der Waals surface area contributed by atoms with E-state index in [4.69, 9.17) is 10.7 Å². The molecule has 1 aliphatic heterocycles. The van der Waals surface area contributed by atoms with Crippen molar-refractivity contribution < 1.29 is 13.2 Å². The topological polar surface area (TPSA) is 118 Å². The second kappa shape index (κ2) is 8.96. The summed E-state index contributed by atoms with van der Waals surface area (Å²) in [4.78, 5) is 24.1. The number of pyridine rings is 2. The number of carbonyl (C=O) groups excluding carboxylic acids is 1. The van der Waals surface area contributed by atoms with Crippen LogP contribution >= 0.6 is 0 Å². The first-order chi connectivity index (χ1) is 16.4. The first-order valence-corrected chi connectivity index (χ1v) is 13.0. The number of aromatic nitrogens is 2. The summed E-state index contributed by atoms with van der Waals surface area (Å²) in [6.45, 7) is 11.1. The van der Waals surface area contributed by atoms with Crippen LogP contribution in [0.1, 0.15) is 48.7 Å². The van der Waals surface area contributed by atoms with Gasteiger partial charge in [-0.2, -0.15) is 8.42 Å². The molecule has 184 valence electrons. The van der Waals surface area contributed by atoms with Gasteiger partial charge in [0.25, 0.3) is 15.9 Å². The molecule has 1 amide bonds. The predicted octanol–water partition coefficient (Wildman–Crippen LogP) is 4.09. The summed E-state index contributed by atoms with van der Waals surface area (Å²) in [6.07, 6.45) is 2.67. The van der Waals surface area contributed by atoms with E-state index in [0.29, 0.717) is 18.3 Å². The first kappa shape index (κ1) is 24.7. The van der Waals surface area contributed by atoms with Crippen molar-refractivity contribution in [1.82, 2.24) is 14.7 Å². The van der Waals surface area contributed by atoms with Crippen LogP contribution in [0.4, 0.5) is 11.6 Å². The molecule has 3 N–H and O–H groups in total. The molecule has 9 heteroatoms. The smallest absolute Gasteiger partial charge is 0.281 e. The normalized spacial score (nSPS) is 17.4. The van der Waals surface area contributed by atoms with Gasteiger partial charge in [0.15, 0.2) is 5.03 Å². The molecule has 2 aromatic heterocycles. The van der Waals surface area contributed by atoms with Crippen molar-refractivity contribution in [2.24, 2.45) is 5.92 Å². The summed E-state index contributed by atoms with van der Waals surface area (Å²) in [5.41, 5.74) is 9.41. The zero-order valence-electron chi connectivity index (χ0n) is 20.7. The highest BCUT2D eigenvalue weighted by Crippen LogP contribution is 2.38. The van der Waals surface area contributed by atoms with E-state index in [1.165, 1.54) is 18.2 Å². The van der Waals surface area contributed by atoms with E-state index in [0.717, 1.165) is 28.7 Å². The maximum atomic E-state index is 13.5. The maximum absolute atomic E-state index is 13.5. The molecular formula is C26H31N5O3S. The fourth-order valence-corrected chi connectivity index (χ4v) is 5.85. The number of nitrogens with one attached hydrogen (secondary N) is 1. The van der Waals surface area contributed by atoms with Gasteiger partial charge in [-0.25, -0.2) is 14.7 Å². The van der Waals surface area contributed by atoms with Gasteiger partial charge in [-0.3, -0.25) is 4.79 Å². The Balaban J connectivity index is 1.81. The van der Waals surface area contributed by atoms with Crippen LogP contribution in [-0.4, -0.2) is 36.4 Å². The zero-order chi connectivity index (χ0) is 25.5. The van der Waals surface area contributed by atoms with E-state index < -0.39 is 15.9 Å². The Morgan fingerprint density at radius 1 is 1.11 bits per heavy atom. The Hall–Kier alpha value is -3.46. The van der Waals surface area contributed by atoms with Crippen LogP contribution in [0, 0.1) is 19.8 Å². The van der Waals surface area contributed by atoms with Gasteiger partial charge in [0.05, 0.1) is 5.56 Å². The lowest BCUT2D eigenvalue weighted by Gasteiger charge is -2.33. The molecule has 1 aromatic carbocycles. The number of amides is 1. The van der Waals surface area contributed by atoms with Crippen LogP contribution < -0.4 is 15.4 Å². The molecule has 1 aliphatic rings. The number of carbonyl (C=O) groups is 1. The molecule has 0 aliphatic carbocycles. The number of aryl methyl sites for hydroxylation is 2. The highest BCUT2D eigenvalue weighted by Gasteiger charge is 2.39. The third kappa shape index (κ3) is 5.14. The third-order valence-electron chi connectivity index (χ3n) is 6.24. The summed E-state index contributed by atoms with van der Waals surface area (Å²) >= 11 is 0. The predicted molar refractivity (Wildman–Crippen MR) is 138 cm³/mol. The molecule has 3 heterocycles. The van der Waals surface area contributed by atoms with Gasteiger partial charge in [-0.1, -0.05) is 42.3 Å². The van der Waals surface area contributed by atoms with Crippen molar-refractivity contribution in [2.45, 2.75) is 51.6 Å². The van der Waals surface area contributed by atoms with Gasteiger partial charge in [0, 0.05) is 23.8 Å². The first-order valence-electron chi connectivity index (χ1n) is 11.5. The molecular weight excluding hydrogens is 462 g/mol. The van der Waals surface area contributed by atoms with Crippen molar-refractivity contribution in [2.75, 3.05) is 17.2 Å². The Labute approximate surface area is 206 Å². The number of rotatable bonds is 5. The minimum Gasteiger partial charge on any atom is -0.384 e. The number of hydrogen-bond donors (Lipinski definition) is 2. The van der Waals surface area contributed by atoms with E-state index in [9.17, 15) is 13.2 Å². The van der Waals surface area contributed by atoms with E-state index in [-0.39, 0.29) is 21.9 Å². The Morgan fingerprint density at radius 3 is 2.40 bits per heavy atom. The average Bonchev–Trinajstić information content (AvgIpc) is 3.04. The van der Waals surface area contributed by atoms with Crippen LogP contribution in [0.2, 0.25) is 0 Å². The summed E-state index contributed by atoms with van der Waals surface area (Å²) in [5, 5.41) is -0.319. The van der Waals surface area contributed by atoms with Gasteiger partial charge in [0.1, 0.15) is 11.6 Å². The van der Waals surface area contributed by atoms with Crippen molar-refractivity contribution in [3.8, 4) is 11.1 Å². The summed E-state index contributed by atoms with van der Waals surface area (Å²) in [5.74, 6) is 0.147. The number of sulfonamides is 1. The third-order valence-corrected chi connectivity index (χ3v) is 7.47. The number of anilines is 2. The number of nitrogens with zero attached hydrogens (tertiary/aromatic N) is 3. The van der Waals surface area contributed by atoms with Gasteiger partial charge in [-0.05, 0) is 63.8 Å². The standard InChI is InChI=1S/C26H31N5O3S/c1-16-9-17(2)11-19(10-16)20-12-21(24(28-14-20)31-15-18(3)13-26(31,4)5)25(32)30-35(33,34)23-8-6-7-22(27)29-23/h6-12,14,18H,13,15H2,1-5H3,(H2,27,29)(H,30,32). The number of benzene rings is 1. The summed E-state index contributed by atoms with van der Waals surface area (Å²) in [6, 6.07) is 12.1. The lowest BCUT2D eigenvalue weighted by atomic mass is 9.97. The molecule has 35 heavy (non-hydrogen) atoms. The van der Waals surface area contributed by atoms with Crippen LogP contribution in [0.3, 0.4) is 0 Å². The molecule has 4 rings (SSSR count). The minimum absolute atomic E-state index is 0.0484. The number of nitrogens with two attached hydrogens (primary N) is 1. The van der Waals surface area contributed by atoms with Gasteiger partial charge < -0.3 is 10.6 Å². The van der Waals surface area contributed by atoms with Crippen LogP contribution in [0.15, 0.2) is 53.7 Å². The molecule has 3 aromatic rings. The molecule has 1 fully saturated rings. The van der Waals surface area contributed by atoms with Crippen LogP contribution in [0.5, 0.6) is 0 Å². The lowest BCUT2D eigenvalue weighted by molar-refractivity contribution is 0.0981. The summed E-state index contributed by atoms with van der Waals surface area (Å²) < 4.78 is 28.0. The minimum atomic E-state index is -4.24. The molecule has 1 unspecified atom stereocenters. The Bertz CT molecular complexity index is 1380. The molecule has 0 radical (unpaired) electrons. The Kier molecular flexibility index (Phi) is 6.31. The second-order valence-electron chi connectivity index (χ2n) is 10.0. The van der Waals surface area contributed by atoms with E-state index in [1.54, 1.807) is 12.3 Å². The molecule has 1 atom stereocenters. The summed E-state index contributed by atoms with van der Waals surface area (Å²) in [7, 11) is -4.24. The highest BCUT2D eigenvalue weighted by molar-refractivity contribution is 7.90. The molecule has 0 spiro atoms. The fourth-order valence-electron chi connectivity index (χ4n) is 4.91. The second-order valence-corrected chi connectivity index (χ2v) is 11.7. The number of hydrogen-bond acceptors (Lipinski definition) is 7. The van der Waals surface area contributed by atoms with Crippen molar-refractivity contribution >= 4 is 27.6 Å². The monoisotopic (exact) mass is 493 g/mol. The van der Waals surface area contributed by atoms with Gasteiger partial charge in [0.2, 0.25) is 0 Å². The van der Waals surface area contributed by atoms with Crippen molar-refractivity contribution in [1.29, 1.82) is 0 Å². The fraction of sp³-hybridized carbons (Fsp3) is 0.346.